The number of hydrogen-bond donors (Lipinski definition) is 0. The minimum atomic E-state index is -5.12. The lowest BCUT2D eigenvalue weighted by atomic mass is 9.94. The molecule has 0 aliphatic carbocycles. The fourth-order valence-corrected chi connectivity index (χ4v) is 11.2. The number of halogens is 6. The van der Waals surface area contributed by atoms with Crippen LogP contribution in [0, 0.1) is 0 Å². The molecule has 0 heterocycles. The van der Waals surface area contributed by atoms with Crippen LogP contribution < -0.4 is 31.8 Å². The molecule has 6 aromatic carbocycles. The molecule has 2 nitrogen and oxygen atoms in total. The summed E-state index contributed by atoms with van der Waals surface area (Å²) in [5.74, 6) is 0. The third-order valence-electron chi connectivity index (χ3n) is 8.11. The van der Waals surface area contributed by atoms with E-state index >= 15 is 0 Å². The lowest BCUT2D eigenvalue weighted by Gasteiger charge is -2.25. The number of alkyl halides is 6. The highest BCUT2D eigenvalue weighted by atomic mass is 31.2. The van der Waals surface area contributed by atoms with Crippen LogP contribution in [0.15, 0.2) is 158 Å². The van der Waals surface area contributed by atoms with Crippen molar-refractivity contribution in [3.63, 3.8) is 0 Å². The lowest BCUT2D eigenvalue weighted by Crippen LogP contribution is -2.27. The van der Waals surface area contributed by atoms with Crippen molar-refractivity contribution < 1.29 is 35.5 Å². The van der Waals surface area contributed by atoms with Gasteiger partial charge in [-0.3, -0.25) is 0 Å². The molecule has 0 atom stereocenters. The third-order valence-corrected chi connectivity index (χ3v) is 14.2. The highest BCUT2D eigenvalue weighted by Crippen LogP contribution is 2.49. The van der Waals surface area contributed by atoms with Crippen LogP contribution in [-0.2, 0) is 21.5 Å². The Kier molecular flexibility index (Phi) is 8.84. The summed E-state index contributed by atoms with van der Waals surface area (Å²) in [6, 6.07) is 37.7. The molecule has 0 aromatic heterocycles. The van der Waals surface area contributed by atoms with Crippen LogP contribution in [0.5, 0.6) is 0 Å². The summed E-state index contributed by atoms with van der Waals surface area (Å²) in [4.78, 5) is 0. The zero-order chi connectivity index (χ0) is 34.2. The molecule has 242 valence electrons. The molecule has 0 amide bonds. The second kappa shape index (κ2) is 12.8. The largest absolute Gasteiger partial charge is 0.417 e. The van der Waals surface area contributed by atoms with Crippen molar-refractivity contribution in [3.05, 3.63) is 169 Å². The van der Waals surface area contributed by atoms with E-state index in [1.807, 2.05) is 0 Å². The summed E-state index contributed by atoms with van der Waals surface area (Å²) < 4.78 is 119. The fourth-order valence-electron chi connectivity index (χ4n) is 5.84. The average molecular weight is 691 g/mol. The maximum absolute atomic E-state index is 14.8. The molecule has 0 spiro atoms. The summed E-state index contributed by atoms with van der Waals surface area (Å²) in [7, 11) is -7.77. The maximum Gasteiger partial charge on any atom is 0.417 e. The maximum atomic E-state index is 14.8. The van der Waals surface area contributed by atoms with Gasteiger partial charge in [0.05, 0.1) is 11.1 Å². The van der Waals surface area contributed by atoms with Gasteiger partial charge in [0.25, 0.3) is 0 Å². The number of hydrogen-bond acceptors (Lipinski definition) is 2. The van der Waals surface area contributed by atoms with Crippen LogP contribution in [0.2, 0.25) is 0 Å². The highest BCUT2D eigenvalue weighted by Gasteiger charge is 2.42. The van der Waals surface area contributed by atoms with E-state index in [2.05, 4.69) is 0 Å². The quantitative estimate of drug-likeness (QED) is 0.124. The Morgan fingerprint density at radius 1 is 0.333 bits per heavy atom. The Labute approximate surface area is 273 Å². The number of benzene rings is 6. The van der Waals surface area contributed by atoms with E-state index in [9.17, 15) is 35.5 Å². The second-order valence-electron chi connectivity index (χ2n) is 11.0. The summed E-state index contributed by atoms with van der Waals surface area (Å²) in [6.45, 7) is 0. The van der Waals surface area contributed by atoms with Crippen LogP contribution in [0.3, 0.4) is 0 Å². The molecule has 0 saturated carbocycles. The van der Waals surface area contributed by atoms with Crippen molar-refractivity contribution in [1.29, 1.82) is 0 Å². The molecule has 48 heavy (non-hydrogen) atoms. The van der Waals surface area contributed by atoms with E-state index < -0.39 is 48.9 Å². The molecule has 0 aliphatic rings. The molecule has 6 aromatic rings. The molecular formula is C38H26F6O2P2. The van der Waals surface area contributed by atoms with E-state index in [1.54, 1.807) is 121 Å². The molecule has 0 N–H and O–H groups in total. The molecule has 0 radical (unpaired) electrons. The van der Waals surface area contributed by atoms with Crippen molar-refractivity contribution in [3.8, 4) is 11.1 Å². The minimum Gasteiger partial charge on any atom is -0.309 e. The van der Waals surface area contributed by atoms with Crippen molar-refractivity contribution in [2.75, 3.05) is 0 Å². The predicted octanol–water partition coefficient (Wildman–Crippen LogP) is 8.67. The molecule has 0 saturated heterocycles. The van der Waals surface area contributed by atoms with E-state index in [4.69, 9.17) is 0 Å². The van der Waals surface area contributed by atoms with Crippen LogP contribution in [0.1, 0.15) is 11.1 Å². The van der Waals surface area contributed by atoms with Crippen molar-refractivity contribution in [2.45, 2.75) is 12.4 Å². The van der Waals surface area contributed by atoms with Gasteiger partial charge in [0.15, 0.2) is 14.3 Å². The Hall–Kier alpha value is -4.64. The Morgan fingerprint density at radius 3 is 0.812 bits per heavy atom. The highest BCUT2D eigenvalue weighted by molar-refractivity contribution is 7.85. The predicted molar refractivity (Wildman–Crippen MR) is 181 cm³/mol. The number of rotatable bonds is 7. The van der Waals surface area contributed by atoms with Gasteiger partial charge in [0, 0.05) is 31.8 Å². The van der Waals surface area contributed by atoms with E-state index in [-0.39, 0.29) is 31.8 Å². The first-order valence-corrected chi connectivity index (χ1v) is 18.1. The summed E-state index contributed by atoms with van der Waals surface area (Å²) >= 11 is 0. The monoisotopic (exact) mass is 690 g/mol. The molecule has 6 rings (SSSR count). The fraction of sp³-hybridized carbons (Fsp3) is 0.0526. The van der Waals surface area contributed by atoms with Gasteiger partial charge in [-0.2, -0.15) is 26.3 Å². The molecular weight excluding hydrogens is 664 g/mol. The van der Waals surface area contributed by atoms with Crippen LogP contribution >= 0.6 is 14.3 Å². The van der Waals surface area contributed by atoms with Crippen molar-refractivity contribution in [2.24, 2.45) is 0 Å². The van der Waals surface area contributed by atoms with Crippen molar-refractivity contribution in [1.82, 2.24) is 0 Å². The molecule has 0 bridgehead atoms. The van der Waals surface area contributed by atoms with Gasteiger partial charge in [-0.15, -0.1) is 0 Å². The van der Waals surface area contributed by atoms with Gasteiger partial charge in [0.1, 0.15) is 0 Å². The zero-order valence-electron chi connectivity index (χ0n) is 25.0. The first-order valence-electron chi connectivity index (χ1n) is 14.7. The smallest absolute Gasteiger partial charge is 0.309 e. The van der Waals surface area contributed by atoms with Gasteiger partial charge < -0.3 is 9.13 Å². The van der Waals surface area contributed by atoms with Gasteiger partial charge in [-0.05, 0) is 23.3 Å². The van der Waals surface area contributed by atoms with Gasteiger partial charge >= 0.3 is 12.4 Å². The lowest BCUT2D eigenvalue weighted by molar-refractivity contribution is -0.139. The van der Waals surface area contributed by atoms with E-state index in [0.29, 0.717) is 12.1 Å². The Morgan fingerprint density at radius 2 is 0.583 bits per heavy atom. The van der Waals surface area contributed by atoms with Crippen LogP contribution in [0.4, 0.5) is 26.3 Å². The summed E-state index contributed by atoms with van der Waals surface area (Å²) in [5.41, 5.74) is -4.24. The third kappa shape index (κ3) is 6.07. The summed E-state index contributed by atoms with van der Waals surface area (Å²) in [6.07, 6.45) is -10.2. The zero-order valence-corrected chi connectivity index (χ0v) is 26.8. The van der Waals surface area contributed by atoms with Gasteiger partial charge in [-0.25, -0.2) is 0 Å². The van der Waals surface area contributed by atoms with E-state index in [0.717, 1.165) is 12.1 Å². The van der Waals surface area contributed by atoms with Gasteiger partial charge in [0.2, 0.25) is 0 Å². The second-order valence-corrected chi connectivity index (χ2v) is 16.6. The molecule has 0 unspecified atom stereocenters. The standard InChI is InChI=1S/C38H26F6O2P2/c39-37(40,41)35-25-31(47(45,27-13-5-1-6-14-27)28-15-7-2-8-16-28)21-23-33(35)34-24-22-32(26-36(34)38(42,43)44)48(46,29-17-9-3-10-18-29)30-19-11-4-12-20-30/h1-26H. The molecule has 0 aliphatic heterocycles. The topological polar surface area (TPSA) is 34.1 Å². The SMILES string of the molecule is O=P(c1ccccc1)(c1ccccc1)c1ccc(-c2ccc(P(=O)(c3ccccc3)c3ccccc3)cc2C(F)(F)F)c(C(F)(F)F)c1. The van der Waals surface area contributed by atoms with E-state index in [1.165, 1.54) is 12.1 Å². The normalized spacial score (nSPS) is 12.5. The Bertz CT molecular complexity index is 1910. The molecule has 10 heteroatoms. The first kappa shape index (κ1) is 33.3. The van der Waals surface area contributed by atoms with Crippen LogP contribution in [-0.4, -0.2) is 0 Å². The summed E-state index contributed by atoms with van der Waals surface area (Å²) in [5, 5.41) is 0.729. The minimum absolute atomic E-state index is 0.182. The van der Waals surface area contributed by atoms with Crippen molar-refractivity contribution >= 4 is 46.1 Å². The van der Waals surface area contributed by atoms with Crippen LogP contribution in [0.25, 0.3) is 11.1 Å². The van der Waals surface area contributed by atoms with Gasteiger partial charge in [-0.1, -0.05) is 146 Å². The first-order chi connectivity index (χ1) is 22.8. The molecule has 0 fully saturated rings. The average Bonchev–Trinajstić information content (AvgIpc) is 3.11. The Balaban J connectivity index is 1.59.